The standard InChI is InChI=1S/C14H14F2N2/c15-13(16)10-18-14(11-6-2-1-3-7-11)12-8-4-5-9-17-12/h1-9,13-14,18H,10H2. The molecule has 0 aliphatic rings. The van der Waals surface area contributed by atoms with Gasteiger partial charge in [0, 0.05) is 6.20 Å². The fraction of sp³-hybridized carbons (Fsp3) is 0.214. The van der Waals surface area contributed by atoms with E-state index in [4.69, 9.17) is 0 Å². The van der Waals surface area contributed by atoms with Crippen LogP contribution in [-0.4, -0.2) is 18.0 Å². The van der Waals surface area contributed by atoms with Crippen LogP contribution >= 0.6 is 0 Å². The highest BCUT2D eigenvalue weighted by Crippen LogP contribution is 2.19. The maximum Gasteiger partial charge on any atom is 0.250 e. The second-order valence-electron chi connectivity index (χ2n) is 3.90. The van der Waals surface area contributed by atoms with Crippen LogP contribution in [0.2, 0.25) is 0 Å². The van der Waals surface area contributed by atoms with Gasteiger partial charge in [-0.25, -0.2) is 8.78 Å². The Morgan fingerprint density at radius 1 is 1.00 bits per heavy atom. The van der Waals surface area contributed by atoms with E-state index in [-0.39, 0.29) is 12.6 Å². The molecule has 0 saturated carbocycles. The molecule has 0 radical (unpaired) electrons. The van der Waals surface area contributed by atoms with Gasteiger partial charge in [0.1, 0.15) is 0 Å². The first kappa shape index (κ1) is 12.6. The lowest BCUT2D eigenvalue weighted by Crippen LogP contribution is -2.28. The number of hydrogen-bond acceptors (Lipinski definition) is 2. The number of hydrogen-bond donors (Lipinski definition) is 1. The minimum Gasteiger partial charge on any atom is -0.299 e. The van der Waals surface area contributed by atoms with Gasteiger partial charge in [0.25, 0.3) is 6.43 Å². The summed E-state index contributed by atoms with van der Waals surface area (Å²) in [6.07, 6.45) is -0.713. The summed E-state index contributed by atoms with van der Waals surface area (Å²) in [5, 5.41) is 2.84. The third-order valence-corrected chi connectivity index (χ3v) is 2.59. The average Bonchev–Trinajstić information content (AvgIpc) is 2.41. The molecule has 0 amide bonds. The largest absolute Gasteiger partial charge is 0.299 e. The summed E-state index contributed by atoms with van der Waals surface area (Å²) in [6.45, 7) is -0.351. The van der Waals surface area contributed by atoms with Gasteiger partial charge in [0.05, 0.1) is 18.3 Å². The number of halogens is 2. The van der Waals surface area contributed by atoms with Crippen molar-refractivity contribution in [1.82, 2.24) is 10.3 Å². The first-order chi connectivity index (χ1) is 8.77. The molecule has 1 aromatic carbocycles. The topological polar surface area (TPSA) is 24.9 Å². The molecular weight excluding hydrogens is 234 g/mol. The van der Waals surface area contributed by atoms with E-state index in [9.17, 15) is 8.78 Å². The van der Waals surface area contributed by atoms with Gasteiger partial charge in [0.2, 0.25) is 0 Å². The molecule has 1 N–H and O–H groups in total. The van der Waals surface area contributed by atoms with E-state index in [1.807, 2.05) is 42.5 Å². The Morgan fingerprint density at radius 3 is 2.33 bits per heavy atom. The quantitative estimate of drug-likeness (QED) is 0.879. The van der Waals surface area contributed by atoms with E-state index in [0.29, 0.717) is 0 Å². The Morgan fingerprint density at radius 2 is 1.72 bits per heavy atom. The molecule has 0 bridgehead atoms. The molecule has 2 aromatic rings. The number of rotatable bonds is 5. The van der Waals surface area contributed by atoms with Gasteiger partial charge in [-0.2, -0.15) is 0 Å². The van der Waals surface area contributed by atoms with E-state index < -0.39 is 6.43 Å². The Balaban J connectivity index is 2.24. The zero-order valence-corrected chi connectivity index (χ0v) is 9.76. The Bertz CT molecular complexity index is 420. The van der Waals surface area contributed by atoms with Crippen molar-refractivity contribution >= 4 is 0 Å². The summed E-state index contributed by atoms with van der Waals surface area (Å²) in [7, 11) is 0. The van der Waals surface area contributed by atoms with Crippen LogP contribution in [0.25, 0.3) is 0 Å². The van der Waals surface area contributed by atoms with Gasteiger partial charge < -0.3 is 0 Å². The lowest BCUT2D eigenvalue weighted by molar-refractivity contribution is 0.143. The summed E-state index contributed by atoms with van der Waals surface area (Å²) in [4.78, 5) is 4.23. The van der Waals surface area contributed by atoms with Crippen molar-refractivity contribution in [1.29, 1.82) is 0 Å². The minimum absolute atomic E-state index is 0.304. The maximum atomic E-state index is 12.3. The third-order valence-electron chi connectivity index (χ3n) is 2.59. The molecular formula is C14H14F2N2. The highest BCUT2D eigenvalue weighted by molar-refractivity contribution is 5.27. The number of aromatic nitrogens is 1. The molecule has 18 heavy (non-hydrogen) atoms. The number of benzene rings is 1. The van der Waals surface area contributed by atoms with Gasteiger partial charge in [-0.3, -0.25) is 10.3 Å². The molecule has 1 atom stereocenters. The first-order valence-corrected chi connectivity index (χ1v) is 5.75. The fourth-order valence-corrected chi connectivity index (χ4v) is 1.79. The van der Waals surface area contributed by atoms with Crippen molar-refractivity contribution in [3.8, 4) is 0 Å². The SMILES string of the molecule is FC(F)CNC(c1ccccc1)c1ccccn1. The van der Waals surface area contributed by atoms with E-state index >= 15 is 0 Å². The van der Waals surface area contributed by atoms with Crippen molar-refractivity contribution in [3.63, 3.8) is 0 Å². The molecule has 2 rings (SSSR count). The molecule has 0 spiro atoms. The van der Waals surface area contributed by atoms with Crippen LogP contribution in [0.5, 0.6) is 0 Å². The summed E-state index contributed by atoms with van der Waals surface area (Å²) in [5.74, 6) is 0. The van der Waals surface area contributed by atoms with E-state index in [0.717, 1.165) is 11.3 Å². The minimum atomic E-state index is -2.38. The molecule has 0 aliphatic carbocycles. The van der Waals surface area contributed by atoms with Crippen LogP contribution in [0.15, 0.2) is 54.7 Å². The van der Waals surface area contributed by atoms with E-state index in [1.165, 1.54) is 0 Å². The normalized spacial score (nSPS) is 12.6. The summed E-state index contributed by atoms with van der Waals surface area (Å²) in [5.41, 5.74) is 1.67. The van der Waals surface area contributed by atoms with Gasteiger partial charge in [-0.1, -0.05) is 36.4 Å². The number of alkyl halides is 2. The second-order valence-corrected chi connectivity index (χ2v) is 3.90. The van der Waals surface area contributed by atoms with Crippen LogP contribution in [0, 0.1) is 0 Å². The summed E-state index contributed by atoms with van der Waals surface area (Å²) < 4.78 is 24.7. The highest BCUT2D eigenvalue weighted by atomic mass is 19.3. The van der Waals surface area contributed by atoms with Crippen molar-refractivity contribution in [2.24, 2.45) is 0 Å². The Labute approximate surface area is 105 Å². The monoisotopic (exact) mass is 248 g/mol. The fourth-order valence-electron chi connectivity index (χ4n) is 1.79. The molecule has 0 saturated heterocycles. The molecule has 2 nitrogen and oxygen atoms in total. The molecule has 94 valence electrons. The van der Waals surface area contributed by atoms with Crippen LogP contribution < -0.4 is 5.32 Å². The van der Waals surface area contributed by atoms with Crippen molar-refractivity contribution in [2.75, 3.05) is 6.54 Å². The van der Waals surface area contributed by atoms with Crippen molar-refractivity contribution in [3.05, 3.63) is 66.0 Å². The second kappa shape index (κ2) is 6.21. The molecule has 0 fully saturated rings. The predicted octanol–water partition coefficient (Wildman–Crippen LogP) is 3.03. The first-order valence-electron chi connectivity index (χ1n) is 5.75. The predicted molar refractivity (Wildman–Crippen MR) is 66.5 cm³/mol. The Hall–Kier alpha value is -1.81. The zero-order chi connectivity index (χ0) is 12.8. The van der Waals surface area contributed by atoms with Crippen molar-refractivity contribution < 1.29 is 8.78 Å². The lowest BCUT2D eigenvalue weighted by Gasteiger charge is -2.18. The Kier molecular flexibility index (Phi) is 4.36. The van der Waals surface area contributed by atoms with Crippen LogP contribution in [0.1, 0.15) is 17.3 Å². The summed E-state index contributed by atoms with van der Waals surface area (Å²) in [6, 6.07) is 14.6. The maximum absolute atomic E-state index is 12.3. The van der Waals surface area contributed by atoms with E-state index in [2.05, 4.69) is 10.3 Å². The highest BCUT2D eigenvalue weighted by Gasteiger charge is 2.16. The van der Waals surface area contributed by atoms with E-state index in [1.54, 1.807) is 12.3 Å². The molecule has 1 unspecified atom stereocenters. The van der Waals surface area contributed by atoms with Crippen LogP contribution in [-0.2, 0) is 0 Å². The lowest BCUT2D eigenvalue weighted by atomic mass is 10.0. The number of nitrogens with zero attached hydrogens (tertiary/aromatic N) is 1. The molecule has 1 heterocycles. The molecule has 0 aliphatic heterocycles. The molecule has 1 aromatic heterocycles. The van der Waals surface area contributed by atoms with Crippen LogP contribution in [0.3, 0.4) is 0 Å². The summed E-state index contributed by atoms with van der Waals surface area (Å²) >= 11 is 0. The number of nitrogens with one attached hydrogen (secondary N) is 1. The third kappa shape index (κ3) is 3.34. The zero-order valence-electron chi connectivity index (χ0n) is 9.76. The average molecular weight is 248 g/mol. The van der Waals surface area contributed by atoms with Crippen molar-refractivity contribution in [2.45, 2.75) is 12.5 Å². The van der Waals surface area contributed by atoms with Gasteiger partial charge in [-0.15, -0.1) is 0 Å². The number of pyridine rings is 1. The van der Waals surface area contributed by atoms with Crippen LogP contribution in [0.4, 0.5) is 8.78 Å². The van der Waals surface area contributed by atoms with Gasteiger partial charge >= 0.3 is 0 Å². The van der Waals surface area contributed by atoms with Gasteiger partial charge in [0.15, 0.2) is 0 Å². The van der Waals surface area contributed by atoms with Gasteiger partial charge in [-0.05, 0) is 17.7 Å². The molecule has 4 heteroatoms. The smallest absolute Gasteiger partial charge is 0.250 e.